The van der Waals surface area contributed by atoms with Crippen molar-refractivity contribution in [3.05, 3.63) is 69.3 Å². The molecular formula is C17H12N2O5. The minimum absolute atomic E-state index is 0.0501. The van der Waals surface area contributed by atoms with Gasteiger partial charge in [0.2, 0.25) is 0 Å². The summed E-state index contributed by atoms with van der Waals surface area (Å²) in [7, 11) is 0. The van der Waals surface area contributed by atoms with E-state index in [4.69, 9.17) is 0 Å². The Bertz CT molecular complexity index is 886. The van der Waals surface area contributed by atoms with Crippen molar-refractivity contribution in [1.82, 2.24) is 0 Å². The summed E-state index contributed by atoms with van der Waals surface area (Å²) in [6.07, 6.45) is 0. The predicted octanol–water partition coefficient (Wildman–Crippen LogP) is 2.32. The first-order valence-electron chi connectivity index (χ1n) is 7.13. The summed E-state index contributed by atoms with van der Waals surface area (Å²) in [5.41, 5.74) is 1.32. The second-order valence-electron chi connectivity index (χ2n) is 5.47. The van der Waals surface area contributed by atoms with Crippen molar-refractivity contribution < 1.29 is 19.3 Å². The van der Waals surface area contributed by atoms with Crippen LogP contribution >= 0.6 is 0 Å². The van der Waals surface area contributed by atoms with Crippen molar-refractivity contribution in [2.75, 3.05) is 11.4 Å². The number of nitrogens with zero attached hydrogens (tertiary/aromatic N) is 2. The molecule has 0 aromatic heterocycles. The van der Waals surface area contributed by atoms with Crippen LogP contribution in [0, 0.1) is 17.0 Å². The van der Waals surface area contributed by atoms with Crippen LogP contribution in [0.25, 0.3) is 0 Å². The number of aryl methyl sites for hydroxylation is 1. The quantitative estimate of drug-likeness (QED) is 0.372. The molecule has 3 rings (SSSR count). The number of fused-ring (bicyclic) bond motifs is 1. The number of Topliss-reactive ketones (excluding diaryl/α,β-unsaturated/α-hetero) is 2. The number of nitro groups is 1. The Morgan fingerprint density at radius 2 is 1.79 bits per heavy atom. The molecule has 2 aromatic rings. The lowest BCUT2D eigenvalue weighted by Crippen LogP contribution is -2.34. The Balaban J connectivity index is 1.91. The number of anilines is 1. The van der Waals surface area contributed by atoms with E-state index in [0.717, 1.165) is 16.5 Å². The molecule has 0 bridgehead atoms. The first-order valence-corrected chi connectivity index (χ1v) is 7.13. The summed E-state index contributed by atoms with van der Waals surface area (Å²) in [4.78, 5) is 47.7. The Morgan fingerprint density at radius 3 is 2.42 bits per heavy atom. The Hall–Kier alpha value is -3.35. The van der Waals surface area contributed by atoms with Gasteiger partial charge in [0.05, 0.1) is 22.7 Å². The molecule has 7 nitrogen and oxygen atoms in total. The van der Waals surface area contributed by atoms with Gasteiger partial charge in [0.1, 0.15) is 0 Å². The van der Waals surface area contributed by atoms with Crippen molar-refractivity contribution in [1.29, 1.82) is 0 Å². The van der Waals surface area contributed by atoms with Gasteiger partial charge in [-0.3, -0.25) is 29.4 Å². The van der Waals surface area contributed by atoms with E-state index >= 15 is 0 Å². The third-order valence-electron chi connectivity index (χ3n) is 3.84. The average Bonchev–Trinajstić information content (AvgIpc) is 2.80. The van der Waals surface area contributed by atoms with Crippen molar-refractivity contribution in [3.63, 3.8) is 0 Å². The van der Waals surface area contributed by atoms with E-state index < -0.39 is 16.6 Å². The SMILES string of the molecule is Cc1ccc(C(=O)CN2C(=O)C(=O)c3cc([N+](=O)[O-])ccc32)cc1. The van der Waals surface area contributed by atoms with Crippen LogP contribution in [-0.2, 0) is 4.79 Å². The van der Waals surface area contributed by atoms with Crippen molar-refractivity contribution in [3.8, 4) is 0 Å². The summed E-state index contributed by atoms with van der Waals surface area (Å²) in [6.45, 7) is 1.60. The van der Waals surface area contributed by atoms with Crippen LogP contribution < -0.4 is 4.90 Å². The van der Waals surface area contributed by atoms with Crippen molar-refractivity contribution >= 4 is 28.8 Å². The number of non-ortho nitro benzene ring substituents is 1. The van der Waals surface area contributed by atoms with Gasteiger partial charge in [0.25, 0.3) is 17.4 Å². The van der Waals surface area contributed by atoms with E-state index in [9.17, 15) is 24.5 Å². The van der Waals surface area contributed by atoms with Crippen molar-refractivity contribution in [2.24, 2.45) is 0 Å². The highest BCUT2D eigenvalue weighted by molar-refractivity contribution is 6.52. The lowest BCUT2D eigenvalue weighted by Gasteiger charge is -2.15. The second-order valence-corrected chi connectivity index (χ2v) is 5.47. The maximum Gasteiger partial charge on any atom is 0.299 e. The molecule has 120 valence electrons. The first-order chi connectivity index (χ1) is 11.4. The van der Waals surface area contributed by atoms with Crippen LogP contribution in [0.15, 0.2) is 42.5 Å². The Labute approximate surface area is 136 Å². The molecule has 1 amide bonds. The smallest absolute Gasteiger partial charge is 0.297 e. The maximum atomic E-state index is 12.3. The number of amides is 1. The standard InChI is InChI=1S/C17H12N2O5/c1-10-2-4-11(5-3-10)15(20)9-18-14-7-6-12(19(23)24)8-13(14)16(21)17(18)22/h2-8H,9H2,1H3. The van der Waals surface area contributed by atoms with Crippen LogP contribution in [0.1, 0.15) is 26.3 Å². The van der Waals surface area contributed by atoms with E-state index in [1.807, 2.05) is 6.92 Å². The summed E-state index contributed by atoms with van der Waals surface area (Å²) in [5.74, 6) is -2.02. The molecular weight excluding hydrogens is 312 g/mol. The molecule has 1 aliphatic heterocycles. The molecule has 0 N–H and O–H groups in total. The van der Waals surface area contributed by atoms with Crippen LogP contribution in [0.2, 0.25) is 0 Å². The van der Waals surface area contributed by atoms with E-state index in [2.05, 4.69) is 0 Å². The van der Waals surface area contributed by atoms with Gasteiger partial charge in [-0.15, -0.1) is 0 Å². The minimum atomic E-state index is -0.856. The third-order valence-corrected chi connectivity index (χ3v) is 3.84. The third kappa shape index (κ3) is 2.56. The average molecular weight is 324 g/mol. The van der Waals surface area contributed by atoms with E-state index in [0.29, 0.717) is 5.56 Å². The molecule has 0 fully saturated rings. The highest BCUT2D eigenvalue weighted by Crippen LogP contribution is 2.32. The van der Waals surface area contributed by atoms with Gasteiger partial charge in [-0.2, -0.15) is 0 Å². The number of rotatable bonds is 4. The molecule has 0 saturated heterocycles. The topological polar surface area (TPSA) is 97.6 Å². The molecule has 0 aliphatic carbocycles. The Kier molecular flexibility index (Phi) is 3.69. The van der Waals surface area contributed by atoms with Crippen LogP contribution in [-0.4, -0.2) is 28.9 Å². The summed E-state index contributed by atoms with van der Waals surface area (Å²) in [5, 5.41) is 10.8. The normalized spacial score (nSPS) is 13.1. The summed E-state index contributed by atoms with van der Waals surface area (Å²) in [6, 6.07) is 10.4. The zero-order chi connectivity index (χ0) is 17.4. The fraction of sp³-hybridized carbons (Fsp3) is 0.118. The van der Waals surface area contributed by atoms with Crippen LogP contribution in [0.4, 0.5) is 11.4 Å². The molecule has 0 spiro atoms. The van der Waals surface area contributed by atoms with Gasteiger partial charge < -0.3 is 0 Å². The predicted molar refractivity (Wildman–Crippen MR) is 85.3 cm³/mol. The van der Waals surface area contributed by atoms with E-state index in [1.165, 1.54) is 12.1 Å². The number of hydrogen-bond donors (Lipinski definition) is 0. The van der Waals surface area contributed by atoms with Crippen molar-refractivity contribution in [2.45, 2.75) is 6.92 Å². The first kappa shape index (κ1) is 15.5. The van der Waals surface area contributed by atoms with Gasteiger partial charge in [-0.05, 0) is 13.0 Å². The largest absolute Gasteiger partial charge is 0.299 e. The molecule has 0 atom stereocenters. The van der Waals surface area contributed by atoms with E-state index in [-0.39, 0.29) is 29.3 Å². The molecule has 0 radical (unpaired) electrons. The van der Waals surface area contributed by atoms with Gasteiger partial charge in [0.15, 0.2) is 5.78 Å². The molecule has 0 saturated carbocycles. The monoisotopic (exact) mass is 324 g/mol. The lowest BCUT2D eigenvalue weighted by atomic mass is 10.1. The number of ketones is 2. The summed E-state index contributed by atoms with van der Waals surface area (Å²) >= 11 is 0. The molecule has 1 heterocycles. The fourth-order valence-corrected chi connectivity index (χ4v) is 2.53. The second kappa shape index (κ2) is 5.69. The van der Waals surface area contributed by atoms with Crippen LogP contribution in [0.5, 0.6) is 0 Å². The minimum Gasteiger partial charge on any atom is -0.297 e. The number of nitro benzene ring substituents is 1. The Morgan fingerprint density at radius 1 is 1.12 bits per heavy atom. The molecule has 2 aromatic carbocycles. The van der Waals surface area contributed by atoms with Gasteiger partial charge in [-0.1, -0.05) is 29.8 Å². The number of hydrogen-bond acceptors (Lipinski definition) is 5. The molecule has 0 unspecified atom stereocenters. The maximum absolute atomic E-state index is 12.3. The van der Waals surface area contributed by atoms with E-state index in [1.54, 1.807) is 24.3 Å². The van der Waals surface area contributed by atoms with Crippen LogP contribution in [0.3, 0.4) is 0 Å². The lowest BCUT2D eigenvalue weighted by molar-refractivity contribution is -0.384. The number of carbonyl (C=O) groups is 3. The fourth-order valence-electron chi connectivity index (χ4n) is 2.53. The zero-order valence-corrected chi connectivity index (χ0v) is 12.7. The number of benzene rings is 2. The zero-order valence-electron chi connectivity index (χ0n) is 12.7. The van der Waals surface area contributed by atoms with Gasteiger partial charge in [0, 0.05) is 17.7 Å². The van der Waals surface area contributed by atoms with Gasteiger partial charge >= 0.3 is 0 Å². The highest BCUT2D eigenvalue weighted by Gasteiger charge is 2.38. The molecule has 1 aliphatic rings. The van der Waals surface area contributed by atoms with Gasteiger partial charge in [-0.25, -0.2) is 0 Å². The summed E-state index contributed by atoms with van der Waals surface area (Å²) < 4.78 is 0. The molecule has 7 heteroatoms. The molecule has 24 heavy (non-hydrogen) atoms. The highest BCUT2D eigenvalue weighted by atomic mass is 16.6. The number of carbonyl (C=O) groups excluding carboxylic acids is 3.